The fourth-order valence-electron chi connectivity index (χ4n) is 6.41. The first-order chi connectivity index (χ1) is 21.7. The van der Waals surface area contributed by atoms with Gasteiger partial charge in [0.25, 0.3) is 5.91 Å². The normalized spacial score (nSPS) is 18.6. The van der Waals surface area contributed by atoms with E-state index >= 15 is 0 Å². The lowest BCUT2D eigenvalue weighted by atomic mass is 10.0. The summed E-state index contributed by atoms with van der Waals surface area (Å²) < 4.78 is 30.7. The topological polar surface area (TPSA) is 135 Å². The molecule has 13 heteroatoms. The van der Waals surface area contributed by atoms with Gasteiger partial charge < -0.3 is 29.2 Å². The van der Waals surface area contributed by atoms with E-state index in [1.807, 2.05) is 23.7 Å². The van der Waals surface area contributed by atoms with Gasteiger partial charge >= 0.3 is 5.97 Å². The van der Waals surface area contributed by atoms with Crippen molar-refractivity contribution in [1.82, 2.24) is 33.8 Å². The van der Waals surface area contributed by atoms with Crippen LogP contribution in [0.5, 0.6) is 5.75 Å². The highest BCUT2D eigenvalue weighted by Crippen LogP contribution is 2.38. The lowest BCUT2D eigenvalue weighted by Crippen LogP contribution is -2.50. The number of nitrogens with zero attached hydrogens (tertiary/aromatic N) is 7. The van der Waals surface area contributed by atoms with Crippen molar-refractivity contribution in [2.45, 2.75) is 38.0 Å². The van der Waals surface area contributed by atoms with Crippen molar-refractivity contribution in [3.63, 3.8) is 0 Å². The van der Waals surface area contributed by atoms with Gasteiger partial charge in [0.05, 0.1) is 49.4 Å². The van der Waals surface area contributed by atoms with Crippen molar-refractivity contribution in [2.75, 3.05) is 27.3 Å². The van der Waals surface area contributed by atoms with Crippen LogP contribution in [0.4, 0.5) is 4.39 Å². The van der Waals surface area contributed by atoms with E-state index in [1.54, 1.807) is 32.5 Å². The highest BCUT2D eigenvalue weighted by Gasteiger charge is 2.31. The van der Waals surface area contributed by atoms with E-state index in [-0.39, 0.29) is 18.9 Å². The van der Waals surface area contributed by atoms with Crippen LogP contribution in [-0.2, 0) is 25.4 Å². The molecule has 0 bridgehead atoms. The summed E-state index contributed by atoms with van der Waals surface area (Å²) in [6.45, 7) is 1.07. The van der Waals surface area contributed by atoms with Crippen LogP contribution >= 0.6 is 0 Å². The Kier molecular flexibility index (Phi) is 7.07. The summed E-state index contributed by atoms with van der Waals surface area (Å²) in [5.74, 6) is 0.917. The number of amides is 1. The van der Waals surface area contributed by atoms with Gasteiger partial charge in [-0.05, 0) is 55.5 Å². The second-order valence-corrected chi connectivity index (χ2v) is 12.1. The number of nitrogens with two attached hydrogens (primary N) is 1. The van der Waals surface area contributed by atoms with Gasteiger partial charge in [0.1, 0.15) is 23.1 Å². The number of likely N-dealkylation sites (tertiary alicyclic amines) is 1. The Hall–Kier alpha value is -4.78. The van der Waals surface area contributed by atoms with E-state index < -0.39 is 18.2 Å². The Morgan fingerprint density at radius 2 is 1.89 bits per heavy atom. The average molecular weight is 615 g/mol. The van der Waals surface area contributed by atoms with E-state index in [4.69, 9.17) is 25.2 Å². The fraction of sp³-hybridized carbons (Fsp3) is 0.406. The van der Waals surface area contributed by atoms with Crippen molar-refractivity contribution in [3.05, 3.63) is 47.8 Å². The molecule has 45 heavy (non-hydrogen) atoms. The molecule has 1 saturated carbocycles. The molecule has 0 unspecified atom stereocenters. The zero-order valence-corrected chi connectivity index (χ0v) is 25.7. The van der Waals surface area contributed by atoms with E-state index in [9.17, 15) is 14.0 Å². The number of carbonyl (C=O) groups is 2. The number of hydrogen-bond acceptors (Lipinski definition) is 8. The first kappa shape index (κ1) is 29.0. The van der Waals surface area contributed by atoms with Crippen molar-refractivity contribution in [3.8, 4) is 28.5 Å². The molecule has 2 atom stereocenters. The average Bonchev–Trinajstić information content (AvgIpc) is 3.54. The molecule has 12 nitrogen and oxygen atoms in total. The SMILES string of the molecule is COC(=O)c1c(-c2ccc3cc(-c4nc5cc(C(=O)N6C[C@H](N)C[C@@H](F)C6)cc(OC)c5n4C)n(CC4CC4)c3n2)cnn1C. The molecule has 7 rings (SSSR count). The molecular formula is C32H35FN8O4. The number of piperidine rings is 1. The number of esters is 1. The van der Waals surface area contributed by atoms with E-state index in [0.29, 0.717) is 52.1 Å². The minimum atomic E-state index is -1.16. The van der Waals surface area contributed by atoms with E-state index in [0.717, 1.165) is 41.6 Å². The number of aryl methyl sites for hydroxylation is 2. The monoisotopic (exact) mass is 614 g/mol. The molecule has 1 aromatic carbocycles. The predicted octanol–water partition coefficient (Wildman–Crippen LogP) is 3.71. The molecule has 4 aromatic heterocycles. The number of methoxy groups -OCH3 is 2. The number of rotatable bonds is 7. The number of hydrogen-bond donors (Lipinski definition) is 1. The van der Waals surface area contributed by atoms with Gasteiger partial charge in [-0.15, -0.1) is 0 Å². The molecule has 1 aliphatic heterocycles. The Morgan fingerprint density at radius 3 is 2.60 bits per heavy atom. The maximum absolute atomic E-state index is 14.3. The van der Waals surface area contributed by atoms with Crippen LogP contribution < -0.4 is 10.5 Å². The number of halogens is 1. The quantitative estimate of drug-likeness (QED) is 0.274. The molecule has 1 saturated heterocycles. The van der Waals surface area contributed by atoms with Crippen molar-refractivity contribution < 1.29 is 23.5 Å². The summed E-state index contributed by atoms with van der Waals surface area (Å²) in [4.78, 5) is 37.5. The zero-order valence-electron chi connectivity index (χ0n) is 25.7. The highest BCUT2D eigenvalue weighted by atomic mass is 19.1. The fourth-order valence-corrected chi connectivity index (χ4v) is 6.41. The molecule has 2 aliphatic rings. The Balaban J connectivity index is 1.35. The summed E-state index contributed by atoms with van der Waals surface area (Å²) in [6.07, 6.45) is 2.98. The second kappa shape index (κ2) is 11.0. The number of aromatic nitrogens is 6. The number of ether oxygens (including phenoxy) is 2. The summed E-state index contributed by atoms with van der Waals surface area (Å²) in [5, 5.41) is 5.20. The molecule has 5 heterocycles. The molecule has 234 valence electrons. The van der Waals surface area contributed by atoms with Gasteiger partial charge in [-0.2, -0.15) is 5.10 Å². The number of imidazole rings is 1. The van der Waals surface area contributed by atoms with Gasteiger partial charge in [-0.1, -0.05) is 0 Å². The Labute approximate surface area is 258 Å². The largest absolute Gasteiger partial charge is 0.494 e. The molecule has 1 aliphatic carbocycles. The van der Waals surface area contributed by atoms with Gasteiger partial charge in [-0.3, -0.25) is 9.48 Å². The molecule has 1 amide bonds. The second-order valence-electron chi connectivity index (χ2n) is 12.1. The number of benzene rings is 1. The summed E-state index contributed by atoms with van der Waals surface area (Å²) in [5.41, 5.74) is 10.9. The minimum absolute atomic E-state index is 0.0107. The smallest absolute Gasteiger partial charge is 0.357 e. The van der Waals surface area contributed by atoms with Crippen molar-refractivity contribution in [1.29, 1.82) is 0 Å². The standard InChI is InChI=1S/C32H35FN8O4/c1-38-28-24(9-19(11-26(28)44-3)31(42)40-15-20(33)12-21(34)16-40)37-30(38)25-10-18-7-8-23(36-29(18)41(25)14-17-5-6-17)22-13-35-39(2)27(22)32(43)45-4/h7-11,13,17,20-21H,5-6,12,14-16,34H2,1-4H3/t20-,21-/m1/s1. The highest BCUT2D eigenvalue weighted by molar-refractivity contribution is 6.00. The summed E-state index contributed by atoms with van der Waals surface area (Å²) in [6, 6.07) is 8.94. The molecule has 2 N–H and O–H groups in total. The van der Waals surface area contributed by atoms with E-state index in [1.165, 1.54) is 16.7 Å². The van der Waals surface area contributed by atoms with Gasteiger partial charge in [0, 0.05) is 44.2 Å². The van der Waals surface area contributed by atoms with Crippen molar-refractivity contribution in [2.24, 2.45) is 25.7 Å². The Bertz CT molecular complexity index is 1960. The Morgan fingerprint density at radius 1 is 1.09 bits per heavy atom. The van der Waals surface area contributed by atoms with Crippen LogP contribution in [-0.4, -0.2) is 85.2 Å². The minimum Gasteiger partial charge on any atom is -0.494 e. The molecule has 5 aromatic rings. The maximum Gasteiger partial charge on any atom is 0.357 e. The molecule has 0 radical (unpaired) electrons. The third-order valence-corrected chi connectivity index (χ3v) is 8.82. The molecule has 0 spiro atoms. The molecular weight excluding hydrogens is 579 g/mol. The van der Waals surface area contributed by atoms with Gasteiger partial charge in [0.15, 0.2) is 11.5 Å². The van der Waals surface area contributed by atoms with E-state index in [2.05, 4.69) is 15.7 Å². The van der Waals surface area contributed by atoms with Crippen LogP contribution in [0.3, 0.4) is 0 Å². The summed E-state index contributed by atoms with van der Waals surface area (Å²) in [7, 11) is 6.51. The number of carbonyl (C=O) groups excluding carboxylic acids is 2. The number of pyridine rings is 1. The predicted molar refractivity (Wildman–Crippen MR) is 166 cm³/mol. The first-order valence-electron chi connectivity index (χ1n) is 15.0. The first-order valence-corrected chi connectivity index (χ1v) is 15.0. The van der Waals surface area contributed by atoms with Gasteiger partial charge in [0.2, 0.25) is 0 Å². The maximum atomic E-state index is 14.3. The number of fused-ring (bicyclic) bond motifs is 2. The van der Waals surface area contributed by atoms with Crippen molar-refractivity contribution >= 4 is 33.9 Å². The molecule has 2 fully saturated rings. The third kappa shape index (κ3) is 5.00. The van der Waals surface area contributed by atoms with Gasteiger partial charge in [-0.25, -0.2) is 19.2 Å². The van der Waals surface area contributed by atoms with Crippen LogP contribution in [0.25, 0.3) is 44.8 Å². The third-order valence-electron chi connectivity index (χ3n) is 8.82. The van der Waals surface area contributed by atoms with Crippen LogP contribution in [0.1, 0.15) is 40.1 Å². The van der Waals surface area contributed by atoms with Crippen LogP contribution in [0, 0.1) is 5.92 Å². The summed E-state index contributed by atoms with van der Waals surface area (Å²) >= 11 is 0. The zero-order chi connectivity index (χ0) is 31.6. The lowest BCUT2D eigenvalue weighted by molar-refractivity contribution is 0.0587. The van der Waals surface area contributed by atoms with Crippen LogP contribution in [0.15, 0.2) is 36.5 Å². The van der Waals surface area contributed by atoms with Crippen LogP contribution in [0.2, 0.25) is 0 Å². The lowest BCUT2D eigenvalue weighted by Gasteiger charge is -2.33. The number of alkyl halides is 1.